The molecule has 2 aromatic carbocycles. The van der Waals surface area contributed by atoms with Crippen LogP contribution in [0.1, 0.15) is 29.7 Å². The van der Waals surface area contributed by atoms with Gasteiger partial charge in [0.1, 0.15) is 5.75 Å². The summed E-state index contributed by atoms with van der Waals surface area (Å²) in [5.41, 5.74) is 3.69. The Morgan fingerprint density at radius 1 is 1.14 bits per heavy atom. The first kappa shape index (κ1) is 16.5. The summed E-state index contributed by atoms with van der Waals surface area (Å²) in [5, 5.41) is 3.56. The molecular formula is C17H19Br2NO. The van der Waals surface area contributed by atoms with Crippen LogP contribution in [0, 0.1) is 6.92 Å². The molecule has 0 radical (unpaired) electrons. The molecule has 0 aliphatic heterocycles. The van der Waals surface area contributed by atoms with Crippen LogP contribution in [-0.4, -0.2) is 13.7 Å². The Bertz CT molecular complexity index is 608. The monoisotopic (exact) mass is 411 g/mol. The third-order valence-electron chi connectivity index (χ3n) is 3.32. The van der Waals surface area contributed by atoms with Crippen molar-refractivity contribution in [3.8, 4) is 5.75 Å². The summed E-state index contributed by atoms with van der Waals surface area (Å²) in [5.74, 6) is 0.853. The van der Waals surface area contributed by atoms with E-state index in [4.69, 9.17) is 4.74 Å². The van der Waals surface area contributed by atoms with Crippen LogP contribution in [0.5, 0.6) is 5.75 Å². The van der Waals surface area contributed by atoms with Crippen molar-refractivity contribution >= 4 is 31.9 Å². The smallest absolute Gasteiger partial charge is 0.120 e. The van der Waals surface area contributed by atoms with Crippen LogP contribution in [0.4, 0.5) is 0 Å². The molecule has 0 aromatic heterocycles. The zero-order valence-corrected chi connectivity index (χ0v) is 15.6. The van der Waals surface area contributed by atoms with Crippen LogP contribution < -0.4 is 10.1 Å². The van der Waals surface area contributed by atoms with Crippen molar-refractivity contribution in [1.29, 1.82) is 0 Å². The highest BCUT2D eigenvalue weighted by molar-refractivity contribution is 9.10. The fourth-order valence-corrected chi connectivity index (χ4v) is 3.62. The fourth-order valence-electron chi connectivity index (χ4n) is 2.41. The van der Waals surface area contributed by atoms with Gasteiger partial charge in [-0.25, -0.2) is 0 Å². The van der Waals surface area contributed by atoms with Gasteiger partial charge in [0, 0.05) is 8.95 Å². The number of ether oxygens (including phenoxy) is 1. The summed E-state index contributed by atoms with van der Waals surface area (Å²) >= 11 is 7.25. The molecule has 112 valence electrons. The van der Waals surface area contributed by atoms with E-state index in [0.29, 0.717) is 0 Å². The Balaban J connectivity index is 2.47. The first-order valence-corrected chi connectivity index (χ1v) is 8.47. The average Bonchev–Trinajstić information content (AvgIpc) is 2.44. The molecule has 2 rings (SSSR count). The van der Waals surface area contributed by atoms with Crippen molar-refractivity contribution in [2.45, 2.75) is 19.9 Å². The van der Waals surface area contributed by atoms with Gasteiger partial charge >= 0.3 is 0 Å². The van der Waals surface area contributed by atoms with Gasteiger partial charge in [0.05, 0.1) is 13.2 Å². The van der Waals surface area contributed by atoms with E-state index in [1.54, 1.807) is 7.11 Å². The Labute approximate surface area is 143 Å². The molecule has 0 aliphatic rings. The van der Waals surface area contributed by atoms with Gasteiger partial charge in [0.25, 0.3) is 0 Å². The summed E-state index contributed by atoms with van der Waals surface area (Å²) in [6, 6.07) is 12.7. The molecule has 0 spiro atoms. The van der Waals surface area contributed by atoms with Gasteiger partial charge in [0.15, 0.2) is 0 Å². The molecule has 4 heteroatoms. The highest BCUT2D eigenvalue weighted by atomic mass is 79.9. The van der Waals surface area contributed by atoms with E-state index in [0.717, 1.165) is 21.2 Å². The topological polar surface area (TPSA) is 21.3 Å². The molecule has 0 fully saturated rings. The predicted molar refractivity (Wildman–Crippen MR) is 95.1 cm³/mol. The molecule has 1 unspecified atom stereocenters. The van der Waals surface area contributed by atoms with E-state index in [1.165, 1.54) is 16.7 Å². The lowest BCUT2D eigenvalue weighted by atomic mass is 9.97. The van der Waals surface area contributed by atoms with Crippen molar-refractivity contribution in [2.75, 3.05) is 13.7 Å². The maximum Gasteiger partial charge on any atom is 0.120 e. The van der Waals surface area contributed by atoms with Gasteiger partial charge in [-0.3, -0.25) is 0 Å². The van der Waals surface area contributed by atoms with E-state index in [9.17, 15) is 0 Å². The summed E-state index contributed by atoms with van der Waals surface area (Å²) in [6.07, 6.45) is 0. The maximum absolute atomic E-state index is 5.28. The lowest BCUT2D eigenvalue weighted by Gasteiger charge is -2.21. The molecule has 0 aliphatic carbocycles. The van der Waals surface area contributed by atoms with E-state index in [-0.39, 0.29) is 6.04 Å². The average molecular weight is 413 g/mol. The van der Waals surface area contributed by atoms with Crippen molar-refractivity contribution in [2.24, 2.45) is 0 Å². The van der Waals surface area contributed by atoms with Crippen LogP contribution >= 0.6 is 31.9 Å². The van der Waals surface area contributed by atoms with Crippen molar-refractivity contribution < 1.29 is 4.74 Å². The third-order valence-corrected chi connectivity index (χ3v) is 4.47. The normalized spacial score (nSPS) is 12.2. The molecule has 0 saturated carbocycles. The second kappa shape index (κ2) is 7.43. The van der Waals surface area contributed by atoms with Crippen LogP contribution in [0.3, 0.4) is 0 Å². The van der Waals surface area contributed by atoms with Crippen LogP contribution in [0.2, 0.25) is 0 Å². The lowest BCUT2D eigenvalue weighted by Crippen LogP contribution is -2.22. The lowest BCUT2D eigenvalue weighted by molar-refractivity contribution is 0.414. The van der Waals surface area contributed by atoms with Gasteiger partial charge in [0.2, 0.25) is 0 Å². The summed E-state index contributed by atoms with van der Waals surface area (Å²) in [4.78, 5) is 0. The molecule has 1 atom stereocenters. The number of methoxy groups -OCH3 is 1. The summed E-state index contributed by atoms with van der Waals surface area (Å²) in [7, 11) is 1.68. The molecule has 21 heavy (non-hydrogen) atoms. The number of hydrogen-bond acceptors (Lipinski definition) is 2. The van der Waals surface area contributed by atoms with Gasteiger partial charge < -0.3 is 10.1 Å². The second-order valence-corrected chi connectivity index (χ2v) is 6.71. The number of nitrogens with one attached hydrogen (secondary N) is 1. The quantitative estimate of drug-likeness (QED) is 0.725. The van der Waals surface area contributed by atoms with Gasteiger partial charge in [-0.05, 0) is 54.4 Å². The van der Waals surface area contributed by atoms with Crippen LogP contribution in [0.15, 0.2) is 45.3 Å². The van der Waals surface area contributed by atoms with Gasteiger partial charge in [-0.2, -0.15) is 0 Å². The minimum atomic E-state index is 0.145. The highest BCUT2D eigenvalue weighted by Crippen LogP contribution is 2.33. The van der Waals surface area contributed by atoms with E-state index < -0.39 is 0 Å². The van der Waals surface area contributed by atoms with Gasteiger partial charge in [-0.15, -0.1) is 0 Å². The molecule has 1 N–H and O–H groups in total. The Kier molecular flexibility index (Phi) is 5.85. The van der Waals surface area contributed by atoms with Crippen molar-refractivity contribution in [3.63, 3.8) is 0 Å². The minimum absolute atomic E-state index is 0.145. The number of rotatable bonds is 5. The molecule has 0 saturated heterocycles. The zero-order valence-electron chi connectivity index (χ0n) is 12.4. The predicted octanol–water partition coefficient (Wildman–Crippen LogP) is 5.23. The number of aryl methyl sites for hydroxylation is 1. The van der Waals surface area contributed by atoms with E-state index in [1.807, 2.05) is 12.1 Å². The van der Waals surface area contributed by atoms with E-state index >= 15 is 0 Å². The summed E-state index contributed by atoms with van der Waals surface area (Å²) in [6.45, 7) is 5.13. The zero-order chi connectivity index (χ0) is 15.4. The first-order valence-electron chi connectivity index (χ1n) is 6.89. The van der Waals surface area contributed by atoms with Crippen molar-refractivity contribution in [1.82, 2.24) is 5.32 Å². The molecule has 0 amide bonds. The standard InChI is InChI=1S/C17H19Br2NO/c1-4-20-17(12-7-11(2)8-13(18)9-12)15-6-5-14(21-3)10-16(15)19/h5-10,17,20H,4H2,1-3H3. The highest BCUT2D eigenvalue weighted by Gasteiger charge is 2.17. The first-order chi connectivity index (χ1) is 10.0. The Hall–Kier alpha value is -0.840. The Morgan fingerprint density at radius 2 is 1.90 bits per heavy atom. The largest absolute Gasteiger partial charge is 0.497 e. The molecular weight excluding hydrogens is 394 g/mol. The molecule has 0 heterocycles. The SMILES string of the molecule is CCNC(c1cc(C)cc(Br)c1)c1ccc(OC)cc1Br. The van der Waals surface area contributed by atoms with Crippen LogP contribution in [0.25, 0.3) is 0 Å². The third kappa shape index (κ3) is 4.09. The Morgan fingerprint density at radius 3 is 2.48 bits per heavy atom. The second-order valence-electron chi connectivity index (χ2n) is 4.94. The van der Waals surface area contributed by atoms with Crippen molar-refractivity contribution in [3.05, 3.63) is 62.0 Å². The fraction of sp³-hybridized carbons (Fsp3) is 0.294. The molecule has 2 nitrogen and oxygen atoms in total. The minimum Gasteiger partial charge on any atom is -0.497 e. The van der Waals surface area contributed by atoms with Gasteiger partial charge in [-0.1, -0.05) is 50.9 Å². The maximum atomic E-state index is 5.28. The summed E-state index contributed by atoms with van der Waals surface area (Å²) < 4.78 is 7.42. The number of halogens is 2. The molecule has 2 aromatic rings. The van der Waals surface area contributed by atoms with Crippen LogP contribution in [-0.2, 0) is 0 Å². The molecule has 0 bridgehead atoms. The number of benzene rings is 2. The van der Waals surface area contributed by atoms with E-state index in [2.05, 4.69) is 75.3 Å². The number of hydrogen-bond donors (Lipinski definition) is 1.